The summed E-state index contributed by atoms with van der Waals surface area (Å²) in [5.74, 6) is -0.387. The van der Waals surface area contributed by atoms with Crippen LogP contribution in [0, 0.1) is 12.7 Å². The summed E-state index contributed by atoms with van der Waals surface area (Å²) in [7, 11) is 0. The van der Waals surface area contributed by atoms with Crippen LogP contribution in [-0.4, -0.2) is 0 Å². The van der Waals surface area contributed by atoms with Gasteiger partial charge in [0.1, 0.15) is 5.82 Å². The molecule has 2 aromatic rings. The van der Waals surface area contributed by atoms with Gasteiger partial charge in [0, 0.05) is 15.8 Å². The van der Waals surface area contributed by atoms with Crippen molar-refractivity contribution in [3.63, 3.8) is 0 Å². The van der Waals surface area contributed by atoms with Gasteiger partial charge in [-0.25, -0.2) is 4.39 Å². The highest BCUT2D eigenvalue weighted by Crippen LogP contribution is 2.35. The van der Waals surface area contributed by atoms with Crippen molar-refractivity contribution in [1.82, 2.24) is 0 Å². The van der Waals surface area contributed by atoms with E-state index in [4.69, 9.17) is 17.3 Å². The third-order valence-electron chi connectivity index (χ3n) is 2.64. The van der Waals surface area contributed by atoms with Gasteiger partial charge < -0.3 is 11.1 Å². The van der Waals surface area contributed by atoms with Crippen LogP contribution in [0.25, 0.3) is 0 Å². The number of benzene rings is 2. The first-order chi connectivity index (χ1) is 8.49. The third-order valence-corrected chi connectivity index (χ3v) is 3.57. The van der Waals surface area contributed by atoms with Gasteiger partial charge in [-0.1, -0.05) is 17.7 Å². The molecule has 0 atom stereocenters. The minimum Gasteiger partial charge on any atom is -0.398 e. The van der Waals surface area contributed by atoms with Gasteiger partial charge in [-0.3, -0.25) is 0 Å². The molecule has 0 aliphatic rings. The van der Waals surface area contributed by atoms with Crippen molar-refractivity contribution in [1.29, 1.82) is 0 Å². The quantitative estimate of drug-likeness (QED) is 0.771. The van der Waals surface area contributed by atoms with Crippen molar-refractivity contribution in [2.24, 2.45) is 0 Å². The lowest BCUT2D eigenvalue weighted by Gasteiger charge is -2.14. The first-order valence-corrected chi connectivity index (χ1v) is 6.43. The Morgan fingerprint density at radius 3 is 2.72 bits per heavy atom. The predicted molar refractivity (Wildman–Crippen MR) is 78.0 cm³/mol. The molecule has 0 radical (unpaired) electrons. The molecule has 0 amide bonds. The minimum atomic E-state index is -0.387. The molecule has 0 spiro atoms. The van der Waals surface area contributed by atoms with Crippen LogP contribution in [0.5, 0.6) is 0 Å². The van der Waals surface area contributed by atoms with Gasteiger partial charge in [0.15, 0.2) is 0 Å². The summed E-state index contributed by atoms with van der Waals surface area (Å²) in [6, 6.07) is 8.17. The van der Waals surface area contributed by atoms with Gasteiger partial charge in [0.05, 0.1) is 10.7 Å². The molecule has 0 bridgehead atoms. The largest absolute Gasteiger partial charge is 0.398 e. The van der Waals surface area contributed by atoms with E-state index in [2.05, 4.69) is 21.2 Å². The van der Waals surface area contributed by atoms with Crippen molar-refractivity contribution in [2.45, 2.75) is 6.92 Å². The SMILES string of the molecule is Cc1c(N)cccc1Nc1c(Cl)cc(F)cc1Br. The van der Waals surface area contributed by atoms with Crippen molar-refractivity contribution in [3.05, 3.63) is 51.2 Å². The van der Waals surface area contributed by atoms with Crippen LogP contribution >= 0.6 is 27.5 Å². The Bertz CT molecular complexity index is 579. The molecule has 2 rings (SSSR count). The molecule has 0 aromatic heterocycles. The standard InChI is InChI=1S/C13H11BrClFN2/c1-7-11(17)3-2-4-12(7)18-13-9(14)5-8(16)6-10(13)15/h2-6,18H,17H2,1H3. The second kappa shape index (κ2) is 5.16. The van der Waals surface area contributed by atoms with E-state index in [-0.39, 0.29) is 5.82 Å². The van der Waals surface area contributed by atoms with Crippen molar-refractivity contribution in [2.75, 3.05) is 11.1 Å². The van der Waals surface area contributed by atoms with E-state index in [1.54, 1.807) is 0 Å². The van der Waals surface area contributed by atoms with E-state index in [9.17, 15) is 4.39 Å². The molecule has 0 aliphatic heterocycles. The molecule has 0 saturated heterocycles. The highest BCUT2D eigenvalue weighted by Gasteiger charge is 2.10. The Morgan fingerprint density at radius 2 is 2.06 bits per heavy atom. The summed E-state index contributed by atoms with van der Waals surface area (Å²) in [6.45, 7) is 1.91. The fourth-order valence-corrected chi connectivity index (χ4v) is 2.48. The Hall–Kier alpha value is -1.26. The number of nitrogens with two attached hydrogens (primary N) is 1. The van der Waals surface area contributed by atoms with Crippen LogP contribution in [0.15, 0.2) is 34.8 Å². The topological polar surface area (TPSA) is 38.0 Å². The molecule has 0 unspecified atom stereocenters. The Kier molecular flexibility index (Phi) is 3.78. The highest BCUT2D eigenvalue weighted by atomic mass is 79.9. The van der Waals surface area contributed by atoms with Crippen molar-refractivity contribution < 1.29 is 4.39 Å². The van der Waals surface area contributed by atoms with E-state index in [0.717, 1.165) is 11.3 Å². The van der Waals surface area contributed by atoms with Gasteiger partial charge in [-0.2, -0.15) is 0 Å². The lowest BCUT2D eigenvalue weighted by Crippen LogP contribution is -1.98. The van der Waals surface area contributed by atoms with E-state index in [1.807, 2.05) is 25.1 Å². The molecule has 18 heavy (non-hydrogen) atoms. The first kappa shape index (κ1) is 13.2. The van der Waals surface area contributed by atoms with Crippen LogP contribution in [0.4, 0.5) is 21.5 Å². The Labute approximate surface area is 118 Å². The molecule has 5 heteroatoms. The van der Waals surface area contributed by atoms with Gasteiger partial charge in [-0.05, 0) is 52.7 Å². The zero-order chi connectivity index (χ0) is 13.3. The van der Waals surface area contributed by atoms with Crippen LogP contribution in [0.1, 0.15) is 5.56 Å². The monoisotopic (exact) mass is 328 g/mol. The average Bonchev–Trinajstić information content (AvgIpc) is 2.28. The Balaban J connectivity index is 2.43. The number of halogens is 3. The van der Waals surface area contributed by atoms with Gasteiger partial charge >= 0.3 is 0 Å². The minimum absolute atomic E-state index is 0.309. The molecular formula is C13H11BrClFN2. The molecule has 0 saturated carbocycles. The molecule has 2 nitrogen and oxygen atoms in total. The molecular weight excluding hydrogens is 319 g/mol. The lowest BCUT2D eigenvalue weighted by atomic mass is 10.1. The van der Waals surface area contributed by atoms with E-state index >= 15 is 0 Å². The summed E-state index contributed by atoms with van der Waals surface area (Å²) in [5, 5.41) is 3.46. The fraction of sp³-hybridized carbons (Fsp3) is 0.0769. The molecule has 0 aliphatic carbocycles. The fourth-order valence-electron chi connectivity index (χ4n) is 1.59. The normalized spacial score (nSPS) is 10.4. The Morgan fingerprint density at radius 1 is 1.33 bits per heavy atom. The van der Waals surface area contributed by atoms with Crippen LogP contribution in [0.3, 0.4) is 0 Å². The lowest BCUT2D eigenvalue weighted by molar-refractivity contribution is 0.627. The maximum atomic E-state index is 13.1. The molecule has 2 aromatic carbocycles. The van der Waals surface area contributed by atoms with Gasteiger partial charge in [0.2, 0.25) is 0 Å². The molecule has 0 heterocycles. The van der Waals surface area contributed by atoms with Gasteiger partial charge in [0.25, 0.3) is 0 Å². The number of hydrogen-bond acceptors (Lipinski definition) is 2. The van der Waals surface area contributed by atoms with Crippen molar-refractivity contribution in [3.8, 4) is 0 Å². The number of hydrogen-bond donors (Lipinski definition) is 2. The number of nitrogen functional groups attached to an aromatic ring is 1. The van der Waals surface area contributed by atoms with Gasteiger partial charge in [-0.15, -0.1) is 0 Å². The number of anilines is 3. The molecule has 3 N–H and O–H groups in total. The second-order valence-corrected chi connectivity index (χ2v) is 5.15. The summed E-state index contributed by atoms with van der Waals surface area (Å²) in [4.78, 5) is 0. The maximum absolute atomic E-state index is 13.1. The highest BCUT2D eigenvalue weighted by molar-refractivity contribution is 9.10. The van der Waals surface area contributed by atoms with Crippen LogP contribution < -0.4 is 11.1 Å². The zero-order valence-electron chi connectivity index (χ0n) is 9.60. The van der Waals surface area contributed by atoms with E-state index in [1.165, 1.54) is 12.1 Å². The van der Waals surface area contributed by atoms with E-state index in [0.29, 0.717) is 20.9 Å². The maximum Gasteiger partial charge on any atom is 0.125 e. The third kappa shape index (κ3) is 2.60. The van der Waals surface area contributed by atoms with Crippen molar-refractivity contribution >= 4 is 44.6 Å². The summed E-state index contributed by atoms with van der Waals surface area (Å²) < 4.78 is 13.7. The summed E-state index contributed by atoms with van der Waals surface area (Å²) >= 11 is 9.29. The average molecular weight is 330 g/mol. The summed E-state index contributed by atoms with van der Waals surface area (Å²) in [5.41, 5.74) is 8.89. The second-order valence-electron chi connectivity index (χ2n) is 3.89. The smallest absolute Gasteiger partial charge is 0.125 e. The molecule has 94 valence electrons. The predicted octanol–water partition coefficient (Wildman–Crippen LogP) is 4.88. The first-order valence-electron chi connectivity index (χ1n) is 5.25. The number of nitrogens with one attached hydrogen (secondary N) is 1. The van der Waals surface area contributed by atoms with Crippen LogP contribution in [-0.2, 0) is 0 Å². The van der Waals surface area contributed by atoms with Crippen LogP contribution in [0.2, 0.25) is 5.02 Å². The van der Waals surface area contributed by atoms with E-state index < -0.39 is 0 Å². The number of rotatable bonds is 2. The summed E-state index contributed by atoms with van der Waals surface area (Å²) in [6.07, 6.45) is 0. The molecule has 0 fully saturated rings. The zero-order valence-corrected chi connectivity index (χ0v) is 11.9.